The van der Waals surface area contributed by atoms with E-state index < -0.39 is 12.1 Å². The second kappa shape index (κ2) is 9.54. The lowest BCUT2D eigenvalue weighted by Crippen LogP contribution is -2.25. The minimum absolute atomic E-state index is 0.201. The third-order valence-corrected chi connectivity index (χ3v) is 2.56. The maximum atomic E-state index is 10.5. The van der Waals surface area contributed by atoms with Crippen molar-refractivity contribution in [1.29, 1.82) is 0 Å². The summed E-state index contributed by atoms with van der Waals surface area (Å²) in [6, 6.07) is -1.39. The number of hydrogen-bond acceptors (Lipinski definition) is 4. The van der Waals surface area contributed by atoms with E-state index in [1.165, 1.54) is 0 Å². The Morgan fingerprint density at radius 1 is 1.25 bits per heavy atom. The highest BCUT2D eigenvalue weighted by Gasteiger charge is 2.09. The number of nitrogens with one attached hydrogen (secondary N) is 2. The quantitative estimate of drug-likeness (QED) is 0.301. The molecular weight excluding hydrogens is 260 g/mol. The van der Waals surface area contributed by atoms with Crippen molar-refractivity contribution in [3.63, 3.8) is 0 Å². The van der Waals surface area contributed by atoms with Crippen LogP contribution in [-0.4, -0.2) is 24.0 Å². The zero-order chi connectivity index (χ0) is 15.5. The van der Waals surface area contributed by atoms with Crippen LogP contribution in [0, 0.1) is 5.92 Å². The van der Waals surface area contributed by atoms with Crippen LogP contribution in [0.15, 0.2) is 22.4 Å². The first-order valence-electron chi connectivity index (χ1n) is 6.14. The van der Waals surface area contributed by atoms with Gasteiger partial charge in [-0.05, 0) is 39.0 Å². The Morgan fingerprint density at radius 2 is 1.85 bits per heavy atom. The highest BCUT2D eigenvalue weighted by Crippen LogP contribution is 2.18. The van der Waals surface area contributed by atoms with Gasteiger partial charge in [-0.3, -0.25) is 0 Å². The highest BCUT2D eigenvalue weighted by molar-refractivity contribution is 5.83. The minimum Gasteiger partial charge on any atom is -0.350 e. The molecule has 1 atom stereocenters. The standard InChI is InChI=1S/C12H22N6O2/c1-8(2)10(6-7-15-17-11(13)19)5-4-9(3)16-18-12(14)20/h7,10H,1,4-6H2,2-3H3,(H3,13,17,19)(H3,14,18,20)/b15-7+,16-9+/t10-/m0/s1. The van der Waals surface area contributed by atoms with Crippen molar-refractivity contribution in [1.82, 2.24) is 10.9 Å². The number of rotatable bonds is 8. The number of urea groups is 2. The van der Waals surface area contributed by atoms with Gasteiger partial charge in [-0.2, -0.15) is 10.2 Å². The van der Waals surface area contributed by atoms with Gasteiger partial charge in [-0.25, -0.2) is 20.4 Å². The SMILES string of the molecule is C=C(C)[C@H](C/C=N/NC(N)=O)CC/C(C)=N/NC(N)=O. The molecule has 0 aromatic heterocycles. The summed E-state index contributed by atoms with van der Waals surface area (Å²) in [5.74, 6) is 0.201. The van der Waals surface area contributed by atoms with E-state index >= 15 is 0 Å². The van der Waals surface area contributed by atoms with Gasteiger partial charge in [-0.15, -0.1) is 0 Å². The molecule has 0 aromatic rings. The molecule has 0 radical (unpaired) electrons. The Morgan fingerprint density at radius 3 is 2.35 bits per heavy atom. The van der Waals surface area contributed by atoms with E-state index in [1.54, 1.807) is 13.1 Å². The first kappa shape index (κ1) is 17.6. The zero-order valence-corrected chi connectivity index (χ0v) is 11.8. The molecule has 0 rings (SSSR count). The van der Waals surface area contributed by atoms with Gasteiger partial charge in [0.2, 0.25) is 0 Å². The minimum atomic E-state index is -0.700. The molecule has 0 bridgehead atoms. The molecule has 0 aliphatic heterocycles. The van der Waals surface area contributed by atoms with Crippen LogP contribution < -0.4 is 22.3 Å². The van der Waals surface area contributed by atoms with Gasteiger partial charge in [0, 0.05) is 11.9 Å². The molecule has 0 saturated carbocycles. The van der Waals surface area contributed by atoms with Gasteiger partial charge in [0.15, 0.2) is 0 Å². The predicted molar refractivity (Wildman–Crippen MR) is 79.2 cm³/mol. The third-order valence-electron chi connectivity index (χ3n) is 2.56. The van der Waals surface area contributed by atoms with Crippen molar-refractivity contribution in [3.8, 4) is 0 Å². The Hall–Kier alpha value is -2.38. The topological polar surface area (TPSA) is 135 Å². The fourth-order valence-corrected chi connectivity index (χ4v) is 1.44. The molecule has 0 aliphatic carbocycles. The summed E-state index contributed by atoms with van der Waals surface area (Å²) < 4.78 is 0. The third kappa shape index (κ3) is 9.63. The molecule has 0 aromatic carbocycles. The van der Waals surface area contributed by atoms with Crippen LogP contribution in [0.1, 0.15) is 33.1 Å². The first-order chi connectivity index (χ1) is 9.32. The van der Waals surface area contributed by atoms with Crippen molar-refractivity contribution >= 4 is 24.0 Å². The average molecular weight is 282 g/mol. The summed E-state index contributed by atoms with van der Waals surface area (Å²) in [6.45, 7) is 7.64. The van der Waals surface area contributed by atoms with Crippen LogP contribution in [0.2, 0.25) is 0 Å². The van der Waals surface area contributed by atoms with Gasteiger partial charge in [0.1, 0.15) is 0 Å². The van der Waals surface area contributed by atoms with E-state index in [0.717, 1.165) is 17.7 Å². The van der Waals surface area contributed by atoms with Crippen LogP contribution in [0.5, 0.6) is 0 Å². The van der Waals surface area contributed by atoms with Gasteiger partial charge in [-0.1, -0.05) is 12.2 Å². The van der Waals surface area contributed by atoms with E-state index in [1.807, 2.05) is 6.92 Å². The van der Waals surface area contributed by atoms with Crippen molar-refractivity contribution in [2.24, 2.45) is 27.6 Å². The lowest BCUT2D eigenvalue weighted by Gasteiger charge is -2.14. The number of allylic oxidation sites excluding steroid dienone is 1. The summed E-state index contributed by atoms with van der Waals surface area (Å²) in [5, 5.41) is 7.52. The number of carbonyl (C=O) groups is 2. The molecule has 0 fully saturated rings. The smallest absolute Gasteiger partial charge is 0.332 e. The molecule has 20 heavy (non-hydrogen) atoms. The molecule has 112 valence electrons. The van der Waals surface area contributed by atoms with Gasteiger partial charge >= 0.3 is 12.1 Å². The monoisotopic (exact) mass is 282 g/mol. The highest BCUT2D eigenvalue weighted by atomic mass is 16.2. The summed E-state index contributed by atoms with van der Waals surface area (Å²) >= 11 is 0. The molecule has 0 heterocycles. The number of nitrogens with zero attached hydrogens (tertiary/aromatic N) is 2. The molecule has 0 saturated heterocycles. The number of carbonyl (C=O) groups excluding carboxylic acids is 2. The van der Waals surface area contributed by atoms with E-state index in [-0.39, 0.29) is 5.92 Å². The largest absolute Gasteiger partial charge is 0.350 e. The summed E-state index contributed by atoms with van der Waals surface area (Å²) in [6.07, 6.45) is 3.70. The number of primary amides is 2. The molecule has 4 amide bonds. The van der Waals surface area contributed by atoms with Crippen LogP contribution >= 0.6 is 0 Å². The number of hydrazone groups is 2. The van der Waals surface area contributed by atoms with Crippen LogP contribution in [0.25, 0.3) is 0 Å². The number of hydrogen-bond donors (Lipinski definition) is 4. The summed E-state index contributed by atoms with van der Waals surface area (Å²) in [4.78, 5) is 20.9. The summed E-state index contributed by atoms with van der Waals surface area (Å²) in [5.41, 5.74) is 15.9. The van der Waals surface area contributed by atoms with Crippen LogP contribution in [0.4, 0.5) is 9.59 Å². The van der Waals surface area contributed by atoms with Gasteiger partial charge in [0.25, 0.3) is 0 Å². The van der Waals surface area contributed by atoms with E-state index in [9.17, 15) is 9.59 Å². The number of nitrogens with two attached hydrogens (primary N) is 2. The fourth-order valence-electron chi connectivity index (χ4n) is 1.44. The normalized spacial score (nSPS) is 13.0. The Kier molecular flexibility index (Phi) is 8.40. The summed E-state index contributed by atoms with van der Waals surface area (Å²) in [7, 11) is 0. The maximum absolute atomic E-state index is 10.5. The van der Waals surface area contributed by atoms with E-state index in [0.29, 0.717) is 12.8 Å². The van der Waals surface area contributed by atoms with Gasteiger partial charge in [0.05, 0.1) is 0 Å². The molecule has 8 heteroatoms. The van der Waals surface area contributed by atoms with Crippen molar-refractivity contribution in [2.75, 3.05) is 0 Å². The van der Waals surface area contributed by atoms with Crippen LogP contribution in [0.3, 0.4) is 0 Å². The first-order valence-corrected chi connectivity index (χ1v) is 6.14. The van der Waals surface area contributed by atoms with Gasteiger partial charge < -0.3 is 11.5 Å². The Bertz CT molecular complexity index is 416. The van der Waals surface area contributed by atoms with Crippen LogP contribution in [-0.2, 0) is 0 Å². The molecule has 0 aliphatic rings. The second-order valence-corrected chi connectivity index (χ2v) is 4.43. The number of amides is 4. The fraction of sp³-hybridized carbons (Fsp3) is 0.500. The molecule has 0 spiro atoms. The lowest BCUT2D eigenvalue weighted by atomic mass is 9.92. The molecule has 0 unspecified atom stereocenters. The van der Waals surface area contributed by atoms with E-state index in [4.69, 9.17) is 11.5 Å². The van der Waals surface area contributed by atoms with Crippen molar-refractivity contribution < 1.29 is 9.59 Å². The second-order valence-electron chi connectivity index (χ2n) is 4.43. The predicted octanol–water partition coefficient (Wildman–Crippen LogP) is 1.05. The van der Waals surface area contributed by atoms with E-state index in [2.05, 4.69) is 27.6 Å². The Labute approximate surface area is 118 Å². The molecule has 6 N–H and O–H groups in total. The molecular formula is C12H22N6O2. The molecule has 8 nitrogen and oxygen atoms in total. The maximum Gasteiger partial charge on any atom is 0.332 e. The Balaban J connectivity index is 4.24. The lowest BCUT2D eigenvalue weighted by molar-refractivity contribution is 0.248. The van der Waals surface area contributed by atoms with Crippen molar-refractivity contribution in [2.45, 2.75) is 33.1 Å². The van der Waals surface area contributed by atoms with Crippen molar-refractivity contribution in [3.05, 3.63) is 12.2 Å². The zero-order valence-electron chi connectivity index (χ0n) is 11.8. The average Bonchev–Trinajstić information content (AvgIpc) is 2.34.